The molecule has 0 spiro atoms. The molecule has 0 radical (unpaired) electrons. The van der Waals surface area contributed by atoms with Gasteiger partial charge in [0.2, 0.25) is 11.8 Å². The molecule has 0 fully saturated rings. The van der Waals surface area contributed by atoms with E-state index in [0.717, 1.165) is 24.8 Å². The maximum atomic E-state index is 11.5. The third-order valence-corrected chi connectivity index (χ3v) is 2.66. The van der Waals surface area contributed by atoms with Crippen LogP contribution in [0.2, 0.25) is 0 Å². The molecule has 2 N–H and O–H groups in total. The van der Waals surface area contributed by atoms with Gasteiger partial charge >= 0.3 is 0 Å². The molecule has 0 aliphatic carbocycles. The molecule has 1 aromatic rings. The first kappa shape index (κ1) is 15.1. The Kier molecular flexibility index (Phi) is 7.24. The molecule has 2 amide bonds. The highest BCUT2D eigenvalue weighted by Gasteiger charge is 2.08. The molecule has 0 saturated heterocycles. The van der Waals surface area contributed by atoms with Gasteiger partial charge in [-0.05, 0) is 24.1 Å². The topological polar surface area (TPSA) is 71.1 Å². The summed E-state index contributed by atoms with van der Waals surface area (Å²) in [5.41, 5.74) is 0.965. The maximum absolute atomic E-state index is 11.5. The number of carbonyl (C=O) groups is 2. The van der Waals surface area contributed by atoms with Crippen LogP contribution >= 0.6 is 0 Å². The summed E-state index contributed by atoms with van der Waals surface area (Å²) in [4.78, 5) is 26.9. The predicted molar refractivity (Wildman–Crippen MR) is 73.2 cm³/mol. The number of carbonyl (C=O) groups excluding carboxylic acids is 2. The lowest BCUT2D eigenvalue weighted by molar-refractivity contribution is -0.129. The number of aromatic nitrogens is 1. The molecule has 104 valence electrons. The van der Waals surface area contributed by atoms with Gasteiger partial charge < -0.3 is 10.6 Å². The van der Waals surface area contributed by atoms with Crippen LogP contribution in [0.5, 0.6) is 0 Å². The zero-order valence-corrected chi connectivity index (χ0v) is 11.3. The SMILES string of the molecule is CCCCCNC(=O)CC(=O)NCc1ccncc1. The van der Waals surface area contributed by atoms with E-state index < -0.39 is 0 Å². The fourth-order valence-electron chi connectivity index (χ4n) is 1.57. The monoisotopic (exact) mass is 263 g/mol. The molecule has 0 unspecified atom stereocenters. The van der Waals surface area contributed by atoms with Gasteiger partial charge in [0.15, 0.2) is 0 Å². The largest absolute Gasteiger partial charge is 0.356 e. The Labute approximate surface area is 113 Å². The maximum Gasteiger partial charge on any atom is 0.229 e. The smallest absolute Gasteiger partial charge is 0.229 e. The first-order valence-corrected chi connectivity index (χ1v) is 6.64. The summed E-state index contributed by atoms with van der Waals surface area (Å²) in [5.74, 6) is -0.479. The number of hydrogen-bond donors (Lipinski definition) is 2. The van der Waals surface area contributed by atoms with Gasteiger partial charge in [-0.1, -0.05) is 19.8 Å². The van der Waals surface area contributed by atoms with E-state index in [1.807, 2.05) is 12.1 Å². The van der Waals surface area contributed by atoms with E-state index in [1.165, 1.54) is 0 Å². The van der Waals surface area contributed by atoms with E-state index in [2.05, 4.69) is 22.5 Å². The lowest BCUT2D eigenvalue weighted by atomic mass is 10.2. The van der Waals surface area contributed by atoms with Gasteiger partial charge in [0.25, 0.3) is 0 Å². The molecule has 0 atom stereocenters. The van der Waals surface area contributed by atoms with Gasteiger partial charge in [-0.25, -0.2) is 0 Å². The summed E-state index contributed by atoms with van der Waals surface area (Å²) in [5, 5.41) is 5.44. The Bertz CT molecular complexity index is 393. The molecule has 1 rings (SSSR count). The number of nitrogens with one attached hydrogen (secondary N) is 2. The highest BCUT2D eigenvalue weighted by atomic mass is 16.2. The van der Waals surface area contributed by atoms with Crippen molar-refractivity contribution in [2.75, 3.05) is 6.54 Å². The fraction of sp³-hybridized carbons (Fsp3) is 0.500. The number of hydrogen-bond acceptors (Lipinski definition) is 3. The Morgan fingerprint density at radius 3 is 2.47 bits per heavy atom. The van der Waals surface area contributed by atoms with Crippen molar-refractivity contribution in [1.82, 2.24) is 15.6 Å². The summed E-state index contributed by atoms with van der Waals surface area (Å²) in [6.07, 6.45) is 6.39. The van der Waals surface area contributed by atoms with Crippen molar-refractivity contribution in [1.29, 1.82) is 0 Å². The second-order valence-electron chi connectivity index (χ2n) is 4.37. The second-order valence-corrected chi connectivity index (χ2v) is 4.37. The van der Waals surface area contributed by atoms with Crippen LogP contribution in [0.1, 0.15) is 38.2 Å². The van der Waals surface area contributed by atoms with Crippen LogP contribution in [-0.2, 0) is 16.1 Å². The van der Waals surface area contributed by atoms with Crippen molar-refractivity contribution in [2.45, 2.75) is 39.2 Å². The molecule has 0 aliphatic rings. The average molecular weight is 263 g/mol. The van der Waals surface area contributed by atoms with Crippen molar-refractivity contribution < 1.29 is 9.59 Å². The normalized spacial score (nSPS) is 9.95. The van der Waals surface area contributed by atoms with Crippen molar-refractivity contribution in [3.63, 3.8) is 0 Å². The first-order valence-electron chi connectivity index (χ1n) is 6.64. The number of rotatable bonds is 8. The third kappa shape index (κ3) is 7.18. The number of pyridine rings is 1. The first-order chi connectivity index (χ1) is 9.22. The minimum atomic E-state index is -0.259. The second kappa shape index (κ2) is 9.08. The Morgan fingerprint density at radius 1 is 1.11 bits per heavy atom. The van der Waals surface area contributed by atoms with E-state index in [0.29, 0.717) is 13.1 Å². The summed E-state index contributed by atoms with van der Waals surface area (Å²) >= 11 is 0. The molecular formula is C14H21N3O2. The number of unbranched alkanes of at least 4 members (excludes halogenated alkanes) is 2. The average Bonchev–Trinajstić information content (AvgIpc) is 2.42. The van der Waals surface area contributed by atoms with E-state index in [-0.39, 0.29) is 18.2 Å². The molecule has 5 heteroatoms. The minimum Gasteiger partial charge on any atom is -0.356 e. The molecule has 1 aromatic heterocycles. The van der Waals surface area contributed by atoms with E-state index in [9.17, 15) is 9.59 Å². The van der Waals surface area contributed by atoms with Gasteiger partial charge in [-0.2, -0.15) is 0 Å². The Balaban J connectivity index is 2.15. The molecular weight excluding hydrogens is 242 g/mol. The van der Waals surface area contributed by atoms with Crippen LogP contribution in [0.15, 0.2) is 24.5 Å². The lowest BCUT2D eigenvalue weighted by Crippen LogP contribution is -2.32. The lowest BCUT2D eigenvalue weighted by Gasteiger charge is -2.06. The standard InChI is InChI=1S/C14H21N3O2/c1-2-3-4-7-16-13(18)10-14(19)17-11-12-5-8-15-9-6-12/h5-6,8-9H,2-4,7,10-11H2,1H3,(H,16,18)(H,17,19). The highest BCUT2D eigenvalue weighted by molar-refractivity contribution is 5.96. The number of nitrogens with zero attached hydrogens (tertiary/aromatic N) is 1. The molecule has 0 bridgehead atoms. The van der Waals surface area contributed by atoms with Crippen molar-refractivity contribution in [3.8, 4) is 0 Å². The van der Waals surface area contributed by atoms with Crippen LogP contribution in [0.3, 0.4) is 0 Å². The van der Waals surface area contributed by atoms with E-state index in [1.54, 1.807) is 12.4 Å². The van der Waals surface area contributed by atoms with Crippen LogP contribution in [-0.4, -0.2) is 23.3 Å². The molecule has 0 aromatic carbocycles. The number of amides is 2. The molecule has 0 aliphatic heterocycles. The fourth-order valence-corrected chi connectivity index (χ4v) is 1.57. The molecule has 5 nitrogen and oxygen atoms in total. The molecule has 1 heterocycles. The minimum absolute atomic E-state index is 0.114. The zero-order valence-electron chi connectivity index (χ0n) is 11.3. The van der Waals surface area contributed by atoms with Crippen molar-refractivity contribution >= 4 is 11.8 Å². The zero-order chi connectivity index (χ0) is 13.9. The quantitative estimate of drug-likeness (QED) is 0.550. The predicted octanol–water partition coefficient (Wildman–Crippen LogP) is 1.39. The van der Waals surface area contributed by atoms with Crippen LogP contribution < -0.4 is 10.6 Å². The molecule has 0 saturated carbocycles. The summed E-state index contributed by atoms with van der Waals surface area (Å²) in [7, 11) is 0. The highest BCUT2D eigenvalue weighted by Crippen LogP contribution is 1.95. The van der Waals surface area contributed by atoms with Gasteiger partial charge in [-0.3, -0.25) is 14.6 Å². The van der Waals surface area contributed by atoms with Gasteiger partial charge in [0.05, 0.1) is 0 Å². The summed E-state index contributed by atoms with van der Waals surface area (Å²) in [6.45, 7) is 3.17. The van der Waals surface area contributed by atoms with Gasteiger partial charge in [0.1, 0.15) is 6.42 Å². The molecule has 19 heavy (non-hydrogen) atoms. The Hall–Kier alpha value is -1.91. The van der Waals surface area contributed by atoms with Gasteiger partial charge in [0, 0.05) is 25.5 Å². The van der Waals surface area contributed by atoms with Crippen LogP contribution in [0.4, 0.5) is 0 Å². The van der Waals surface area contributed by atoms with E-state index >= 15 is 0 Å². The summed E-state index contributed by atoms with van der Waals surface area (Å²) < 4.78 is 0. The van der Waals surface area contributed by atoms with Gasteiger partial charge in [-0.15, -0.1) is 0 Å². The Morgan fingerprint density at radius 2 is 1.79 bits per heavy atom. The van der Waals surface area contributed by atoms with Crippen LogP contribution in [0, 0.1) is 0 Å². The third-order valence-electron chi connectivity index (χ3n) is 2.66. The summed E-state index contributed by atoms with van der Waals surface area (Å²) in [6, 6.07) is 3.65. The van der Waals surface area contributed by atoms with E-state index in [4.69, 9.17) is 0 Å². The van der Waals surface area contributed by atoms with Crippen molar-refractivity contribution in [2.24, 2.45) is 0 Å². The van der Waals surface area contributed by atoms with Crippen molar-refractivity contribution in [3.05, 3.63) is 30.1 Å². The van der Waals surface area contributed by atoms with Crippen LogP contribution in [0.25, 0.3) is 0 Å².